The molecular formula is C26H27N5O6. The molecule has 0 saturated carbocycles. The lowest BCUT2D eigenvalue weighted by molar-refractivity contribution is -0.123. The number of rotatable bonds is 9. The number of nitrogens with one attached hydrogen (secondary N) is 4. The maximum atomic E-state index is 13.1. The topological polar surface area (TPSA) is 152 Å². The average molecular weight is 506 g/mol. The minimum absolute atomic E-state index is 0.00252. The molecule has 37 heavy (non-hydrogen) atoms. The monoisotopic (exact) mass is 505 g/mol. The molecule has 2 heterocycles. The van der Waals surface area contributed by atoms with Gasteiger partial charge in [-0.3, -0.25) is 19.4 Å². The number of carbonyl (C=O) groups is 3. The van der Waals surface area contributed by atoms with E-state index in [0.29, 0.717) is 29.3 Å². The minimum atomic E-state index is -1.06. The van der Waals surface area contributed by atoms with Crippen molar-refractivity contribution in [2.75, 3.05) is 29.7 Å². The number of methoxy groups -OCH3 is 1. The molecule has 4 rings (SSSR count). The van der Waals surface area contributed by atoms with E-state index < -0.39 is 29.3 Å². The van der Waals surface area contributed by atoms with Crippen molar-refractivity contribution in [3.05, 3.63) is 70.0 Å². The van der Waals surface area contributed by atoms with Crippen LogP contribution in [0.25, 0.3) is 0 Å². The second-order valence-electron chi connectivity index (χ2n) is 8.36. The molecule has 1 atom stereocenters. The maximum Gasteiger partial charge on any atom is 0.338 e. The number of para-hydroxylation sites is 2. The van der Waals surface area contributed by atoms with E-state index in [1.54, 1.807) is 36.4 Å². The second-order valence-corrected chi connectivity index (χ2v) is 8.36. The summed E-state index contributed by atoms with van der Waals surface area (Å²) >= 11 is 0. The number of ether oxygens (including phenoxy) is 2. The first-order chi connectivity index (χ1) is 17.9. The molecule has 0 saturated heterocycles. The van der Waals surface area contributed by atoms with Crippen LogP contribution in [0.5, 0.6) is 5.75 Å². The van der Waals surface area contributed by atoms with E-state index in [0.717, 1.165) is 12.8 Å². The van der Waals surface area contributed by atoms with E-state index in [-0.39, 0.29) is 23.8 Å². The number of aromatic nitrogens is 2. The largest absolute Gasteiger partial charge is 0.495 e. The van der Waals surface area contributed by atoms with Crippen molar-refractivity contribution in [2.24, 2.45) is 0 Å². The molecule has 2 amide bonds. The number of esters is 1. The van der Waals surface area contributed by atoms with Crippen LogP contribution in [0.2, 0.25) is 0 Å². The summed E-state index contributed by atoms with van der Waals surface area (Å²) in [6.45, 7) is 2.34. The van der Waals surface area contributed by atoms with E-state index in [1.807, 2.05) is 6.92 Å². The Labute approximate surface area is 212 Å². The summed E-state index contributed by atoms with van der Waals surface area (Å²) in [4.78, 5) is 57.4. The molecule has 0 unspecified atom stereocenters. The standard InChI is InChI=1S/C26H27N5O6/c1-3-4-13-37-25(35)15-9-11-16(12-10-15)27-23(33)17-14-20(32)29-22-21(17)24(34)31-26(30-22)28-18-7-5-6-8-19(18)36-2/h5-12,17H,3-4,13-14H2,1-2H3,(H,27,33)(H3,28,29,30,31,32,34)/t17-/m0/s1. The van der Waals surface area contributed by atoms with Crippen molar-refractivity contribution in [1.29, 1.82) is 0 Å². The maximum absolute atomic E-state index is 13.1. The number of H-pyrrole nitrogens is 1. The number of nitrogens with zero attached hydrogens (tertiary/aromatic N) is 1. The Morgan fingerprint density at radius 2 is 1.86 bits per heavy atom. The highest BCUT2D eigenvalue weighted by atomic mass is 16.5. The van der Waals surface area contributed by atoms with Gasteiger partial charge < -0.3 is 25.4 Å². The first kappa shape index (κ1) is 25.4. The molecule has 11 heteroatoms. The van der Waals surface area contributed by atoms with Crippen molar-refractivity contribution in [3.8, 4) is 5.75 Å². The van der Waals surface area contributed by atoms with Gasteiger partial charge in [0.05, 0.1) is 36.4 Å². The summed E-state index contributed by atoms with van der Waals surface area (Å²) in [5.41, 5.74) is 0.808. The van der Waals surface area contributed by atoms with Crippen molar-refractivity contribution >= 4 is 40.9 Å². The fraction of sp³-hybridized carbons (Fsp3) is 0.269. The normalized spacial score (nSPS) is 14.2. The summed E-state index contributed by atoms with van der Waals surface area (Å²) in [5.74, 6) is -1.88. The first-order valence-electron chi connectivity index (χ1n) is 11.8. The third-order valence-electron chi connectivity index (χ3n) is 5.75. The van der Waals surface area contributed by atoms with Crippen LogP contribution in [0.1, 0.15) is 48.0 Å². The van der Waals surface area contributed by atoms with Gasteiger partial charge in [0.1, 0.15) is 11.6 Å². The SMILES string of the molecule is CCCCOC(=O)c1ccc(NC(=O)[C@H]2CC(=O)Nc3nc(Nc4ccccc4OC)[nH]c(=O)c32)cc1. The molecule has 0 bridgehead atoms. The Balaban J connectivity index is 1.51. The van der Waals surface area contributed by atoms with E-state index in [4.69, 9.17) is 9.47 Å². The van der Waals surface area contributed by atoms with Gasteiger partial charge in [0.25, 0.3) is 5.56 Å². The van der Waals surface area contributed by atoms with Crippen molar-refractivity contribution in [1.82, 2.24) is 9.97 Å². The zero-order chi connectivity index (χ0) is 26.4. The van der Waals surface area contributed by atoms with Crippen LogP contribution in [-0.4, -0.2) is 41.5 Å². The summed E-state index contributed by atoms with van der Waals surface area (Å²) < 4.78 is 10.5. The quantitative estimate of drug-likeness (QED) is 0.255. The molecule has 192 valence electrons. The fourth-order valence-electron chi connectivity index (χ4n) is 3.84. The summed E-state index contributed by atoms with van der Waals surface area (Å²) in [5, 5.41) is 8.24. The number of amides is 2. The molecular weight excluding hydrogens is 478 g/mol. The molecule has 0 radical (unpaired) electrons. The van der Waals surface area contributed by atoms with Gasteiger partial charge in [0, 0.05) is 12.1 Å². The zero-order valence-corrected chi connectivity index (χ0v) is 20.4. The average Bonchev–Trinajstić information content (AvgIpc) is 2.88. The van der Waals surface area contributed by atoms with Crippen LogP contribution < -0.4 is 26.2 Å². The van der Waals surface area contributed by atoms with Crippen LogP contribution in [-0.2, 0) is 14.3 Å². The Morgan fingerprint density at radius 3 is 2.59 bits per heavy atom. The number of benzene rings is 2. The molecule has 1 aromatic heterocycles. The van der Waals surface area contributed by atoms with Gasteiger partial charge >= 0.3 is 5.97 Å². The number of carbonyl (C=O) groups excluding carboxylic acids is 3. The Kier molecular flexibility index (Phi) is 7.82. The number of aromatic amines is 1. The fourth-order valence-corrected chi connectivity index (χ4v) is 3.84. The molecule has 0 aliphatic carbocycles. The van der Waals surface area contributed by atoms with Crippen molar-refractivity contribution in [3.63, 3.8) is 0 Å². The Bertz CT molecular complexity index is 1370. The smallest absolute Gasteiger partial charge is 0.338 e. The molecule has 11 nitrogen and oxygen atoms in total. The summed E-state index contributed by atoms with van der Waals surface area (Å²) in [7, 11) is 1.51. The van der Waals surface area contributed by atoms with Gasteiger partial charge in [-0.1, -0.05) is 25.5 Å². The highest BCUT2D eigenvalue weighted by Gasteiger charge is 2.35. The van der Waals surface area contributed by atoms with Crippen molar-refractivity contribution in [2.45, 2.75) is 32.1 Å². The van der Waals surface area contributed by atoms with Gasteiger partial charge in [-0.05, 0) is 42.8 Å². The second kappa shape index (κ2) is 11.4. The molecule has 0 fully saturated rings. The predicted molar refractivity (Wildman–Crippen MR) is 137 cm³/mol. The molecule has 4 N–H and O–H groups in total. The minimum Gasteiger partial charge on any atom is -0.495 e. The lowest BCUT2D eigenvalue weighted by Crippen LogP contribution is -2.36. The lowest BCUT2D eigenvalue weighted by atomic mass is 9.92. The van der Waals surface area contributed by atoms with E-state index in [9.17, 15) is 19.2 Å². The predicted octanol–water partition coefficient (Wildman–Crippen LogP) is 3.54. The van der Waals surface area contributed by atoms with Crippen LogP contribution in [0, 0.1) is 0 Å². The van der Waals surface area contributed by atoms with Gasteiger partial charge in [0.2, 0.25) is 17.8 Å². The number of hydrogen-bond acceptors (Lipinski definition) is 8. The molecule has 1 aliphatic heterocycles. The highest BCUT2D eigenvalue weighted by Crippen LogP contribution is 2.31. The summed E-state index contributed by atoms with van der Waals surface area (Å²) in [6, 6.07) is 13.2. The van der Waals surface area contributed by atoms with Gasteiger partial charge in [-0.15, -0.1) is 0 Å². The Hall–Kier alpha value is -4.67. The molecule has 0 spiro atoms. The zero-order valence-electron chi connectivity index (χ0n) is 20.4. The third kappa shape index (κ3) is 5.95. The number of unbranched alkanes of at least 4 members (excludes halogenated alkanes) is 1. The number of hydrogen-bond donors (Lipinski definition) is 4. The van der Waals surface area contributed by atoms with E-state index in [1.165, 1.54) is 19.2 Å². The van der Waals surface area contributed by atoms with Crippen LogP contribution >= 0.6 is 0 Å². The van der Waals surface area contributed by atoms with Crippen LogP contribution in [0.4, 0.5) is 23.1 Å². The number of fused-ring (bicyclic) bond motifs is 1. The van der Waals surface area contributed by atoms with Gasteiger partial charge in [-0.2, -0.15) is 4.98 Å². The Morgan fingerprint density at radius 1 is 1.11 bits per heavy atom. The van der Waals surface area contributed by atoms with Crippen LogP contribution in [0.3, 0.4) is 0 Å². The van der Waals surface area contributed by atoms with Gasteiger partial charge in [-0.25, -0.2) is 4.79 Å². The first-order valence-corrected chi connectivity index (χ1v) is 11.8. The third-order valence-corrected chi connectivity index (χ3v) is 5.75. The lowest BCUT2D eigenvalue weighted by Gasteiger charge is -2.23. The summed E-state index contributed by atoms with van der Waals surface area (Å²) in [6.07, 6.45) is 1.48. The van der Waals surface area contributed by atoms with E-state index in [2.05, 4.69) is 25.9 Å². The molecule has 1 aliphatic rings. The number of anilines is 4. The highest BCUT2D eigenvalue weighted by molar-refractivity contribution is 6.04. The van der Waals surface area contributed by atoms with Crippen molar-refractivity contribution < 1.29 is 23.9 Å². The van der Waals surface area contributed by atoms with Crippen LogP contribution in [0.15, 0.2) is 53.3 Å². The van der Waals surface area contributed by atoms with Gasteiger partial charge in [0.15, 0.2) is 0 Å². The molecule has 3 aromatic rings. The molecule has 2 aromatic carbocycles. The van der Waals surface area contributed by atoms with E-state index >= 15 is 0 Å².